The molecule has 0 bridgehead atoms. The van der Waals surface area contributed by atoms with Gasteiger partial charge in [-0.2, -0.15) is 0 Å². The van der Waals surface area contributed by atoms with Gasteiger partial charge in [0.25, 0.3) is 0 Å². The molecule has 1 atom stereocenters. The first-order valence-electron chi connectivity index (χ1n) is 6.67. The van der Waals surface area contributed by atoms with Crippen molar-refractivity contribution in [3.63, 3.8) is 0 Å². The number of rotatable bonds is 2. The maximum Gasteiger partial charge on any atom is 0.336 e. The van der Waals surface area contributed by atoms with E-state index >= 15 is 0 Å². The van der Waals surface area contributed by atoms with Gasteiger partial charge in [-0.15, -0.1) is 0 Å². The number of carboxylic acids is 1. The Kier molecular flexibility index (Phi) is 2.90. The number of hydrogen-bond donors (Lipinski definition) is 1. The Morgan fingerprint density at radius 2 is 1.95 bits per heavy atom. The highest BCUT2D eigenvalue weighted by Crippen LogP contribution is 2.32. The molecule has 3 rings (SSSR count). The van der Waals surface area contributed by atoms with E-state index in [1.807, 2.05) is 30.3 Å². The lowest BCUT2D eigenvalue weighted by molar-refractivity contribution is 0.0699. The van der Waals surface area contributed by atoms with Crippen molar-refractivity contribution in [1.29, 1.82) is 0 Å². The molecular weight excluding hydrogens is 238 g/mol. The van der Waals surface area contributed by atoms with Crippen LogP contribution in [-0.4, -0.2) is 24.2 Å². The third kappa shape index (κ3) is 2.05. The van der Waals surface area contributed by atoms with E-state index < -0.39 is 5.97 Å². The van der Waals surface area contributed by atoms with Gasteiger partial charge in [-0.05, 0) is 29.9 Å². The van der Waals surface area contributed by atoms with Crippen molar-refractivity contribution in [1.82, 2.24) is 0 Å². The first kappa shape index (κ1) is 12.0. The molecule has 1 unspecified atom stereocenters. The van der Waals surface area contributed by atoms with Gasteiger partial charge in [0.15, 0.2) is 0 Å². The van der Waals surface area contributed by atoms with Crippen molar-refractivity contribution < 1.29 is 9.90 Å². The molecule has 1 aliphatic rings. The summed E-state index contributed by atoms with van der Waals surface area (Å²) in [4.78, 5) is 13.6. The summed E-state index contributed by atoms with van der Waals surface area (Å²) in [6.07, 6.45) is 1.20. The van der Waals surface area contributed by atoms with E-state index in [0.717, 1.165) is 29.5 Å². The molecule has 0 aliphatic carbocycles. The van der Waals surface area contributed by atoms with Gasteiger partial charge in [0.05, 0.1) is 5.56 Å². The molecule has 1 fully saturated rings. The second-order valence-electron chi connectivity index (χ2n) is 5.32. The van der Waals surface area contributed by atoms with Gasteiger partial charge in [-0.25, -0.2) is 4.79 Å². The minimum Gasteiger partial charge on any atom is -0.478 e. The van der Waals surface area contributed by atoms with Gasteiger partial charge in [0.2, 0.25) is 0 Å². The van der Waals surface area contributed by atoms with Crippen LogP contribution in [0.25, 0.3) is 10.8 Å². The number of fused-ring (bicyclic) bond motifs is 1. The van der Waals surface area contributed by atoms with E-state index in [1.165, 1.54) is 6.42 Å². The van der Waals surface area contributed by atoms with Crippen LogP contribution >= 0.6 is 0 Å². The Labute approximate surface area is 112 Å². The molecule has 2 aromatic rings. The van der Waals surface area contributed by atoms with Crippen LogP contribution in [0.3, 0.4) is 0 Å². The smallest absolute Gasteiger partial charge is 0.336 e. The number of aromatic carboxylic acids is 1. The molecular formula is C16H17NO2. The van der Waals surface area contributed by atoms with E-state index in [0.29, 0.717) is 11.5 Å². The molecule has 98 valence electrons. The topological polar surface area (TPSA) is 40.5 Å². The van der Waals surface area contributed by atoms with E-state index in [1.54, 1.807) is 6.07 Å². The molecule has 1 aliphatic heterocycles. The third-order valence-electron chi connectivity index (χ3n) is 3.90. The summed E-state index contributed by atoms with van der Waals surface area (Å²) in [6.45, 7) is 4.36. The highest BCUT2D eigenvalue weighted by atomic mass is 16.4. The summed E-state index contributed by atoms with van der Waals surface area (Å²) in [5.41, 5.74) is 1.54. The average molecular weight is 255 g/mol. The monoisotopic (exact) mass is 255 g/mol. The van der Waals surface area contributed by atoms with Crippen LogP contribution in [0, 0.1) is 5.92 Å². The molecule has 0 saturated carbocycles. The maximum atomic E-state index is 11.3. The van der Waals surface area contributed by atoms with Gasteiger partial charge in [0, 0.05) is 24.2 Å². The highest BCUT2D eigenvalue weighted by Gasteiger charge is 2.21. The van der Waals surface area contributed by atoms with Crippen LogP contribution in [0.5, 0.6) is 0 Å². The molecule has 0 spiro atoms. The van der Waals surface area contributed by atoms with E-state index in [9.17, 15) is 9.90 Å². The van der Waals surface area contributed by atoms with Gasteiger partial charge < -0.3 is 10.0 Å². The summed E-state index contributed by atoms with van der Waals surface area (Å²) in [5, 5.41) is 11.1. The van der Waals surface area contributed by atoms with Gasteiger partial charge >= 0.3 is 5.97 Å². The standard InChI is InChI=1S/C16H17NO2/c1-11-8-9-17(10-11)15-7-6-14(16(18)19)12-4-2-3-5-13(12)15/h2-7,11H,8-10H2,1H3,(H,18,19). The second-order valence-corrected chi connectivity index (χ2v) is 5.32. The Morgan fingerprint density at radius 1 is 1.21 bits per heavy atom. The number of hydrogen-bond acceptors (Lipinski definition) is 2. The van der Waals surface area contributed by atoms with Crippen molar-refractivity contribution in [2.45, 2.75) is 13.3 Å². The Hall–Kier alpha value is -2.03. The highest BCUT2D eigenvalue weighted by molar-refractivity contribution is 6.07. The molecule has 0 amide bonds. The number of benzene rings is 2. The summed E-state index contributed by atoms with van der Waals surface area (Å²) < 4.78 is 0. The summed E-state index contributed by atoms with van der Waals surface area (Å²) in [6, 6.07) is 11.4. The molecule has 1 heterocycles. The summed E-state index contributed by atoms with van der Waals surface area (Å²) in [5.74, 6) is -0.157. The van der Waals surface area contributed by atoms with Crippen LogP contribution in [0.4, 0.5) is 5.69 Å². The van der Waals surface area contributed by atoms with Crippen molar-refractivity contribution in [2.24, 2.45) is 5.92 Å². The predicted octanol–water partition coefficient (Wildman–Crippen LogP) is 3.38. The minimum absolute atomic E-state index is 0.381. The van der Waals surface area contributed by atoms with Crippen LogP contribution in [0.15, 0.2) is 36.4 Å². The normalized spacial score (nSPS) is 19.0. The SMILES string of the molecule is CC1CCN(c2ccc(C(=O)O)c3ccccc23)C1. The van der Waals surface area contributed by atoms with E-state index in [4.69, 9.17) is 0 Å². The molecule has 3 nitrogen and oxygen atoms in total. The quantitative estimate of drug-likeness (QED) is 0.894. The first-order chi connectivity index (χ1) is 9.16. The molecule has 2 aromatic carbocycles. The molecule has 3 heteroatoms. The average Bonchev–Trinajstić information content (AvgIpc) is 2.83. The fourth-order valence-electron chi connectivity index (χ4n) is 2.90. The van der Waals surface area contributed by atoms with Crippen LogP contribution in [0.1, 0.15) is 23.7 Å². The van der Waals surface area contributed by atoms with Crippen LogP contribution in [0.2, 0.25) is 0 Å². The van der Waals surface area contributed by atoms with E-state index in [-0.39, 0.29) is 0 Å². The van der Waals surface area contributed by atoms with Gasteiger partial charge in [-0.1, -0.05) is 31.2 Å². The zero-order valence-electron chi connectivity index (χ0n) is 11.0. The largest absolute Gasteiger partial charge is 0.478 e. The fraction of sp³-hybridized carbons (Fsp3) is 0.312. The van der Waals surface area contributed by atoms with Crippen LogP contribution < -0.4 is 4.90 Å². The zero-order valence-corrected chi connectivity index (χ0v) is 11.0. The number of anilines is 1. The van der Waals surface area contributed by atoms with Gasteiger partial charge in [0.1, 0.15) is 0 Å². The Morgan fingerprint density at radius 3 is 2.58 bits per heavy atom. The minimum atomic E-state index is -0.863. The Bertz CT molecular complexity index is 636. The van der Waals surface area contributed by atoms with Crippen molar-refractivity contribution >= 4 is 22.4 Å². The Balaban J connectivity index is 2.17. The zero-order chi connectivity index (χ0) is 13.4. The lowest BCUT2D eigenvalue weighted by atomic mass is 10.0. The third-order valence-corrected chi connectivity index (χ3v) is 3.90. The maximum absolute atomic E-state index is 11.3. The van der Waals surface area contributed by atoms with E-state index in [2.05, 4.69) is 11.8 Å². The molecule has 1 N–H and O–H groups in total. The molecule has 19 heavy (non-hydrogen) atoms. The summed E-state index contributed by atoms with van der Waals surface area (Å²) >= 11 is 0. The van der Waals surface area contributed by atoms with Crippen molar-refractivity contribution in [3.8, 4) is 0 Å². The molecule has 1 saturated heterocycles. The lowest BCUT2D eigenvalue weighted by Gasteiger charge is -2.21. The molecule has 0 radical (unpaired) electrons. The van der Waals surface area contributed by atoms with Crippen molar-refractivity contribution in [3.05, 3.63) is 42.0 Å². The fourth-order valence-corrected chi connectivity index (χ4v) is 2.90. The van der Waals surface area contributed by atoms with Crippen molar-refractivity contribution in [2.75, 3.05) is 18.0 Å². The predicted molar refractivity (Wildman–Crippen MR) is 76.9 cm³/mol. The van der Waals surface area contributed by atoms with Gasteiger partial charge in [-0.3, -0.25) is 0 Å². The summed E-state index contributed by atoms with van der Waals surface area (Å²) in [7, 11) is 0. The van der Waals surface area contributed by atoms with Crippen LogP contribution in [-0.2, 0) is 0 Å². The first-order valence-corrected chi connectivity index (χ1v) is 6.67. The number of carboxylic acid groups (broad SMARTS) is 1. The molecule has 0 aromatic heterocycles. The second kappa shape index (κ2) is 4.57. The lowest BCUT2D eigenvalue weighted by Crippen LogP contribution is -2.19. The number of carbonyl (C=O) groups is 1. The number of nitrogens with zero attached hydrogens (tertiary/aromatic N) is 1.